The number of esters is 1. The van der Waals surface area contributed by atoms with Gasteiger partial charge >= 0.3 is 5.97 Å². The van der Waals surface area contributed by atoms with Gasteiger partial charge in [0.2, 0.25) is 0 Å². The highest BCUT2D eigenvalue weighted by atomic mass is 16.5. The maximum atomic E-state index is 11.2. The molecule has 0 bridgehead atoms. The standard InChI is InChI=1S/C10H16N2O3/c1-4-8(15-5-2)9-11-6-7(12-9)10(13)14-3/h6,8H,4-5H2,1-3H3,(H,11,12). The minimum atomic E-state index is -0.417. The fraction of sp³-hybridized carbons (Fsp3) is 0.600. The van der Waals surface area contributed by atoms with Crippen molar-refractivity contribution < 1.29 is 14.3 Å². The van der Waals surface area contributed by atoms with E-state index in [1.807, 2.05) is 13.8 Å². The predicted octanol–water partition coefficient (Wildman–Crippen LogP) is 1.68. The second-order valence-corrected chi connectivity index (χ2v) is 3.03. The summed E-state index contributed by atoms with van der Waals surface area (Å²) in [5, 5.41) is 0. The van der Waals surface area contributed by atoms with Crippen LogP contribution < -0.4 is 0 Å². The summed E-state index contributed by atoms with van der Waals surface area (Å²) >= 11 is 0. The van der Waals surface area contributed by atoms with Crippen molar-refractivity contribution in [3.05, 3.63) is 17.7 Å². The van der Waals surface area contributed by atoms with Crippen molar-refractivity contribution in [2.24, 2.45) is 0 Å². The van der Waals surface area contributed by atoms with Crippen LogP contribution in [0, 0.1) is 0 Å². The van der Waals surface area contributed by atoms with Gasteiger partial charge in [-0.3, -0.25) is 0 Å². The predicted molar refractivity (Wildman–Crippen MR) is 54.6 cm³/mol. The molecule has 1 N–H and O–H groups in total. The molecule has 0 spiro atoms. The maximum Gasteiger partial charge on any atom is 0.356 e. The van der Waals surface area contributed by atoms with E-state index in [1.54, 1.807) is 0 Å². The first kappa shape index (κ1) is 11.7. The average molecular weight is 212 g/mol. The number of carbonyl (C=O) groups excluding carboxylic acids is 1. The number of aromatic nitrogens is 2. The van der Waals surface area contributed by atoms with E-state index in [-0.39, 0.29) is 6.10 Å². The van der Waals surface area contributed by atoms with E-state index in [2.05, 4.69) is 14.7 Å². The minimum absolute atomic E-state index is 0.0894. The van der Waals surface area contributed by atoms with Gasteiger partial charge in [-0.05, 0) is 13.3 Å². The molecule has 0 aliphatic heterocycles. The van der Waals surface area contributed by atoms with E-state index < -0.39 is 5.97 Å². The highest BCUT2D eigenvalue weighted by Crippen LogP contribution is 2.17. The van der Waals surface area contributed by atoms with Crippen LogP contribution in [-0.2, 0) is 9.47 Å². The summed E-state index contributed by atoms with van der Waals surface area (Å²) in [4.78, 5) is 18.1. The number of methoxy groups -OCH3 is 1. The molecule has 1 rings (SSSR count). The van der Waals surface area contributed by atoms with Gasteiger partial charge in [0.05, 0.1) is 13.3 Å². The van der Waals surface area contributed by atoms with Gasteiger partial charge in [0.1, 0.15) is 17.6 Å². The van der Waals surface area contributed by atoms with Crippen LogP contribution in [0.2, 0.25) is 0 Å². The molecule has 0 radical (unpaired) electrons. The van der Waals surface area contributed by atoms with Gasteiger partial charge in [0, 0.05) is 6.61 Å². The van der Waals surface area contributed by atoms with E-state index in [1.165, 1.54) is 13.3 Å². The molecule has 0 aromatic carbocycles. The molecule has 5 nitrogen and oxygen atoms in total. The Morgan fingerprint density at radius 1 is 1.60 bits per heavy atom. The van der Waals surface area contributed by atoms with Crippen LogP contribution in [0.25, 0.3) is 0 Å². The van der Waals surface area contributed by atoms with E-state index >= 15 is 0 Å². The summed E-state index contributed by atoms with van der Waals surface area (Å²) in [6.45, 7) is 4.54. The van der Waals surface area contributed by atoms with Gasteiger partial charge in [0.25, 0.3) is 0 Å². The molecule has 5 heteroatoms. The van der Waals surface area contributed by atoms with Gasteiger partial charge in [-0.25, -0.2) is 9.78 Å². The first-order valence-electron chi connectivity index (χ1n) is 4.97. The maximum absolute atomic E-state index is 11.2. The Labute approximate surface area is 88.8 Å². The van der Waals surface area contributed by atoms with E-state index in [0.29, 0.717) is 18.1 Å². The number of nitrogens with zero attached hydrogens (tertiary/aromatic N) is 1. The zero-order valence-corrected chi connectivity index (χ0v) is 9.24. The van der Waals surface area contributed by atoms with Gasteiger partial charge in [-0.2, -0.15) is 0 Å². The van der Waals surface area contributed by atoms with Gasteiger partial charge in [0.15, 0.2) is 0 Å². The minimum Gasteiger partial charge on any atom is -0.464 e. The van der Waals surface area contributed by atoms with Crippen LogP contribution in [0.1, 0.15) is 42.7 Å². The zero-order valence-electron chi connectivity index (χ0n) is 9.24. The third-order valence-corrected chi connectivity index (χ3v) is 2.04. The first-order valence-corrected chi connectivity index (χ1v) is 4.97. The summed E-state index contributed by atoms with van der Waals surface area (Å²) in [6, 6.07) is 0. The first-order chi connectivity index (χ1) is 7.22. The fourth-order valence-corrected chi connectivity index (χ4v) is 1.31. The summed E-state index contributed by atoms with van der Waals surface area (Å²) in [5.74, 6) is 0.250. The molecule has 0 saturated carbocycles. The topological polar surface area (TPSA) is 64.2 Å². The summed E-state index contributed by atoms with van der Waals surface area (Å²) in [6.07, 6.45) is 2.18. The number of nitrogens with one attached hydrogen (secondary N) is 1. The number of carbonyl (C=O) groups is 1. The van der Waals surface area contributed by atoms with Gasteiger partial charge < -0.3 is 14.5 Å². The third kappa shape index (κ3) is 2.79. The lowest BCUT2D eigenvalue weighted by Crippen LogP contribution is -2.06. The van der Waals surface area contributed by atoms with E-state index in [9.17, 15) is 4.79 Å². The van der Waals surface area contributed by atoms with Crippen LogP contribution in [0.15, 0.2) is 6.20 Å². The summed E-state index contributed by atoms with van der Waals surface area (Å²) in [5.41, 5.74) is 0.352. The molecular weight excluding hydrogens is 196 g/mol. The summed E-state index contributed by atoms with van der Waals surface area (Å²) < 4.78 is 10.0. The highest BCUT2D eigenvalue weighted by Gasteiger charge is 2.15. The summed E-state index contributed by atoms with van der Waals surface area (Å²) in [7, 11) is 1.34. The van der Waals surface area contributed by atoms with Crippen molar-refractivity contribution in [2.45, 2.75) is 26.4 Å². The number of aromatic amines is 1. The van der Waals surface area contributed by atoms with E-state index in [0.717, 1.165) is 6.42 Å². The Kier molecular flexibility index (Phi) is 4.30. The van der Waals surface area contributed by atoms with Gasteiger partial charge in [-0.1, -0.05) is 6.92 Å². The van der Waals surface area contributed by atoms with Crippen LogP contribution >= 0.6 is 0 Å². The lowest BCUT2D eigenvalue weighted by Gasteiger charge is -2.11. The Morgan fingerprint density at radius 2 is 2.33 bits per heavy atom. The molecule has 15 heavy (non-hydrogen) atoms. The van der Waals surface area contributed by atoms with Crippen LogP contribution in [-0.4, -0.2) is 29.7 Å². The Morgan fingerprint density at radius 3 is 2.87 bits per heavy atom. The molecule has 1 unspecified atom stereocenters. The van der Waals surface area contributed by atoms with Crippen molar-refractivity contribution in [1.29, 1.82) is 0 Å². The molecule has 0 saturated heterocycles. The number of hydrogen-bond donors (Lipinski definition) is 1. The zero-order chi connectivity index (χ0) is 11.3. The average Bonchev–Trinajstić information content (AvgIpc) is 2.73. The fourth-order valence-electron chi connectivity index (χ4n) is 1.31. The largest absolute Gasteiger partial charge is 0.464 e. The number of H-pyrrole nitrogens is 1. The SMILES string of the molecule is CCOC(CC)c1ncc(C(=O)OC)[nH]1. The Hall–Kier alpha value is -1.36. The molecule has 0 amide bonds. The van der Waals surface area contributed by atoms with Crippen LogP contribution in [0.3, 0.4) is 0 Å². The van der Waals surface area contributed by atoms with Crippen molar-refractivity contribution in [3.8, 4) is 0 Å². The second kappa shape index (κ2) is 5.50. The molecule has 0 aliphatic carbocycles. The number of hydrogen-bond acceptors (Lipinski definition) is 4. The van der Waals surface area contributed by atoms with Crippen molar-refractivity contribution >= 4 is 5.97 Å². The van der Waals surface area contributed by atoms with Crippen molar-refractivity contribution in [3.63, 3.8) is 0 Å². The van der Waals surface area contributed by atoms with Crippen molar-refractivity contribution in [2.75, 3.05) is 13.7 Å². The monoisotopic (exact) mass is 212 g/mol. The molecule has 0 aliphatic rings. The smallest absolute Gasteiger partial charge is 0.356 e. The molecule has 1 aromatic rings. The van der Waals surface area contributed by atoms with Gasteiger partial charge in [-0.15, -0.1) is 0 Å². The third-order valence-electron chi connectivity index (χ3n) is 2.04. The molecule has 84 valence electrons. The van der Waals surface area contributed by atoms with Crippen LogP contribution in [0.5, 0.6) is 0 Å². The van der Waals surface area contributed by atoms with Crippen molar-refractivity contribution in [1.82, 2.24) is 9.97 Å². The Balaban J connectivity index is 2.77. The quantitative estimate of drug-likeness (QED) is 0.754. The highest BCUT2D eigenvalue weighted by molar-refractivity contribution is 5.86. The number of imidazole rings is 1. The molecule has 0 fully saturated rings. The molecule has 1 atom stereocenters. The Bertz CT molecular complexity index is 322. The number of rotatable bonds is 5. The van der Waals surface area contributed by atoms with Crippen LogP contribution in [0.4, 0.5) is 0 Å². The molecule has 1 aromatic heterocycles. The lowest BCUT2D eigenvalue weighted by atomic mass is 10.2. The lowest BCUT2D eigenvalue weighted by molar-refractivity contribution is 0.0532. The van der Waals surface area contributed by atoms with E-state index in [4.69, 9.17) is 4.74 Å². The number of ether oxygens (including phenoxy) is 2. The normalized spacial score (nSPS) is 12.5. The molecular formula is C10H16N2O3. The molecule has 1 heterocycles. The second-order valence-electron chi connectivity index (χ2n) is 3.03.